The van der Waals surface area contributed by atoms with Crippen LogP contribution in [0.25, 0.3) is 0 Å². The van der Waals surface area contributed by atoms with Crippen LogP contribution >= 0.6 is 0 Å². The van der Waals surface area contributed by atoms with E-state index < -0.39 is 0 Å². The van der Waals surface area contributed by atoms with Crippen LogP contribution < -0.4 is 18.9 Å². The molecule has 0 N–H and O–H groups in total. The van der Waals surface area contributed by atoms with Crippen LogP contribution in [-0.4, -0.2) is 27.4 Å². The fourth-order valence-corrected chi connectivity index (χ4v) is 6.29. The van der Waals surface area contributed by atoms with Gasteiger partial charge in [-0.15, -0.1) is 0 Å². The van der Waals surface area contributed by atoms with E-state index in [-0.39, 0.29) is 16.2 Å². The van der Waals surface area contributed by atoms with Crippen LogP contribution in [0, 0.1) is 0 Å². The predicted octanol–water partition coefficient (Wildman–Crippen LogP) is 6.93. The highest BCUT2D eigenvalue weighted by Crippen LogP contribution is 2.64. The van der Waals surface area contributed by atoms with Gasteiger partial charge >= 0.3 is 0 Å². The molecule has 1 spiro atoms. The lowest BCUT2D eigenvalue weighted by Gasteiger charge is -2.31. The first kappa shape index (κ1) is 23.8. The molecule has 2 aliphatic rings. The number of hydrogen-bond acceptors (Lipinski definition) is 4. The van der Waals surface area contributed by atoms with Gasteiger partial charge in [-0.1, -0.05) is 41.5 Å². The highest BCUT2D eigenvalue weighted by atomic mass is 16.5. The minimum absolute atomic E-state index is 0.0216. The van der Waals surface area contributed by atoms with Gasteiger partial charge in [-0.05, 0) is 83.0 Å². The van der Waals surface area contributed by atoms with Crippen LogP contribution in [0.4, 0.5) is 0 Å². The minimum atomic E-state index is -0.0924. The molecule has 2 aromatic carbocycles. The molecule has 0 radical (unpaired) electrons. The summed E-state index contributed by atoms with van der Waals surface area (Å²) in [5, 5.41) is 0. The Hall–Kier alpha value is -2.36. The SMILES string of the molecule is CCCOc1cc2c(cc1OCCC)C1(CC(C)(C)c3cc(OC)c(OC)cc31)CC2(C)C. The van der Waals surface area contributed by atoms with Gasteiger partial charge in [0, 0.05) is 5.41 Å². The Bertz CT molecular complexity index is 1040. The zero-order chi connectivity index (χ0) is 24.0. The Kier molecular flexibility index (Phi) is 6.09. The second kappa shape index (κ2) is 8.45. The third-order valence-electron chi connectivity index (χ3n) is 7.51. The van der Waals surface area contributed by atoms with Gasteiger partial charge in [0.25, 0.3) is 0 Å². The molecule has 4 nitrogen and oxygen atoms in total. The van der Waals surface area contributed by atoms with Gasteiger partial charge in [-0.3, -0.25) is 0 Å². The number of ether oxygens (including phenoxy) is 4. The van der Waals surface area contributed by atoms with E-state index in [0.717, 1.165) is 48.7 Å². The Balaban J connectivity index is 1.96. The van der Waals surface area contributed by atoms with E-state index in [0.29, 0.717) is 13.2 Å². The molecule has 0 saturated heterocycles. The van der Waals surface area contributed by atoms with Crippen molar-refractivity contribution in [2.24, 2.45) is 0 Å². The van der Waals surface area contributed by atoms with Gasteiger partial charge in [0.05, 0.1) is 27.4 Å². The Labute approximate surface area is 199 Å². The number of rotatable bonds is 8. The zero-order valence-corrected chi connectivity index (χ0v) is 21.7. The molecule has 2 aromatic rings. The average Bonchev–Trinajstić information content (AvgIpc) is 3.13. The molecule has 33 heavy (non-hydrogen) atoms. The lowest BCUT2D eigenvalue weighted by molar-refractivity contribution is 0.267. The first-order valence-electron chi connectivity index (χ1n) is 12.3. The Morgan fingerprint density at radius 3 is 1.36 bits per heavy atom. The molecule has 4 rings (SSSR count). The maximum Gasteiger partial charge on any atom is 0.161 e. The van der Waals surface area contributed by atoms with E-state index in [1.54, 1.807) is 14.2 Å². The van der Waals surface area contributed by atoms with Crippen molar-refractivity contribution >= 4 is 0 Å². The first-order chi connectivity index (χ1) is 15.6. The van der Waals surface area contributed by atoms with Gasteiger partial charge in [-0.25, -0.2) is 0 Å². The van der Waals surface area contributed by atoms with Crippen LogP contribution in [0.2, 0.25) is 0 Å². The highest BCUT2D eigenvalue weighted by molar-refractivity contribution is 5.65. The van der Waals surface area contributed by atoms with Crippen LogP contribution in [0.5, 0.6) is 23.0 Å². The van der Waals surface area contributed by atoms with Gasteiger partial charge in [0.2, 0.25) is 0 Å². The molecule has 2 aliphatic carbocycles. The average molecular weight is 453 g/mol. The molecule has 0 heterocycles. The third-order valence-corrected chi connectivity index (χ3v) is 7.51. The lowest BCUT2D eigenvalue weighted by atomic mass is 9.72. The molecule has 1 unspecified atom stereocenters. The summed E-state index contributed by atoms with van der Waals surface area (Å²) in [6, 6.07) is 8.96. The van der Waals surface area contributed by atoms with Crippen LogP contribution in [-0.2, 0) is 16.2 Å². The summed E-state index contributed by atoms with van der Waals surface area (Å²) >= 11 is 0. The molecule has 4 heteroatoms. The van der Waals surface area contributed by atoms with Crippen molar-refractivity contribution in [3.63, 3.8) is 0 Å². The number of hydrogen-bond donors (Lipinski definition) is 0. The minimum Gasteiger partial charge on any atom is -0.493 e. The third kappa shape index (κ3) is 3.76. The summed E-state index contributed by atoms with van der Waals surface area (Å²) < 4.78 is 23.8. The van der Waals surface area contributed by atoms with E-state index in [2.05, 4.69) is 65.8 Å². The van der Waals surface area contributed by atoms with Crippen molar-refractivity contribution in [3.05, 3.63) is 46.5 Å². The lowest BCUT2D eigenvalue weighted by Crippen LogP contribution is -2.27. The number of benzene rings is 2. The smallest absolute Gasteiger partial charge is 0.161 e. The Morgan fingerprint density at radius 2 is 0.970 bits per heavy atom. The van der Waals surface area contributed by atoms with Crippen molar-refractivity contribution in [3.8, 4) is 23.0 Å². The molecule has 0 amide bonds. The summed E-state index contributed by atoms with van der Waals surface area (Å²) in [7, 11) is 3.43. The monoisotopic (exact) mass is 452 g/mol. The molecule has 0 saturated carbocycles. The van der Waals surface area contributed by atoms with E-state index in [9.17, 15) is 0 Å². The summed E-state index contributed by atoms with van der Waals surface area (Å²) in [5.74, 6) is 3.34. The van der Waals surface area contributed by atoms with E-state index in [1.165, 1.54) is 22.3 Å². The van der Waals surface area contributed by atoms with Crippen molar-refractivity contribution in [2.45, 2.75) is 83.5 Å². The fourth-order valence-electron chi connectivity index (χ4n) is 6.29. The van der Waals surface area contributed by atoms with Crippen molar-refractivity contribution in [1.29, 1.82) is 0 Å². The second-order valence-corrected chi connectivity index (χ2v) is 11.0. The molecule has 0 aliphatic heterocycles. The van der Waals surface area contributed by atoms with Crippen molar-refractivity contribution in [2.75, 3.05) is 27.4 Å². The molecule has 1 atom stereocenters. The van der Waals surface area contributed by atoms with Crippen LogP contribution in [0.15, 0.2) is 24.3 Å². The van der Waals surface area contributed by atoms with Crippen molar-refractivity contribution in [1.82, 2.24) is 0 Å². The zero-order valence-electron chi connectivity index (χ0n) is 21.7. The maximum atomic E-state index is 6.23. The van der Waals surface area contributed by atoms with Gasteiger partial charge < -0.3 is 18.9 Å². The van der Waals surface area contributed by atoms with Gasteiger partial charge in [-0.2, -0.15) is 0 Å². The predicted molar refractivity (Wildman–Crippen MR) is 134 cm³/mol. The molecule has 0 fully saturated rings. The first-order valence-corrected chi connectivity index (χ1v) is 12.3. The second-order valence-electron chi connectivity index (χ2n) is 11.0. The van der Waals surface area contributed by atoms with E-state index in [1.807, 2.05) is 0 Å². The topological polar surface area (TPSA) is 36.9 Å². The van der Waals surface area contributed by atoms with Gasteiger partial charge in [0.1, 0.15) is 0 Å². The Morgan fingerprint density at radius 1 is 0.606 bits per heavy atom. The molecule has 0 bridgehead atoms. The number of methoxy groups -OCH3 is 2. The van der Waals surface area contributed by atoms with Crippen LogP contribution in [0.3, 0.4) is 0 Å². The number of fused-ring (bicyclic) bond motifs is 4. The summed E-state index contributed by atoms with van der Waals surface area (Å²) in [5.41, 5.74) is 5.41. The van der Waals surface area contributed by atoms with Crippen molar-refractivity contribution < 1.29 is 18.9 Å². The molecule has 0 aromatic heterocycles. The largest absolute Gasteiger partial charge is 0.493 e. The van der Waals surface area contributed by atoms with E-state index >= 15 is 0 Å². The molecular formula is C29H40O4. The molecule has 180 valence electrons. The fraction of sp³-hybridized carbons (Fsp3) is 0.586. The van der Waals surface area contributed by atoms with Crippen LogP contribution in [0.1, 0.15) is 89.5 Å². The summed E-state index contributed by atoms with van der Waals surface area (Å²) in [6.07, 6.45) is 4.03. The molecular weight excluding hydrogens is 412 g/mol. The quantitative estimate of drug-likeness (QED) is 0.435. The summed E-state index contributed by atoms with van der Waals surface area (Å²) in [4.78, 5) is 0. The standard InChI is InChI=1S/C29H40O4/c1-9-11-32-25-14-20-22(16-26(25)33-12-10-2)29(18-28(20,5)6)17-27(3,4)19-13-23(30-7)24(31-8)15-21(19)29/h13-16H,9-12,17-18H2,1-8H3. The normalized spacial score (nSPS) is 21.6. The highest BCUT2D eigenvalue weighted by Gasteiger charge is 2.57. The van der Waals surface area contributed by atoms with Gasteiger partial charge in [0.15, 0.2) is 23.0 Å². The summed E-state index contributed by atoms with van der Waals surface area (Å²) in [6.45, 7) is 15.1. The maximum absolute atomic E-state index is 6.23. The van der Waals surface area contributed by atoms with E-state index in [4.69, 9.17) is 18.9 Å².